The fourth-order valence-electron chi connectivity index (χ4n) is 2.32. The monoisotopic (exact) mass is 338 g/mol. The number of hydrogen-bond acceptors (Lipinski definition) is 4. The van der Waals surface area contributed by atoms with E-state index in [4.69, 9.17) is 5.26 Å². The molecule has 0 aliphatic carbocycles. The molecule has 2 aromatic carbocycles. The Morgan fingerprint density at radius 1 is 1.04 bits per heavy atom. The van der Waals surface area contributed by atoms with E-state index < -0.39 is 0 Å². The number of nitriles is 1. The molecule has 1 heterocycles. The second-order valence-corrected chi connectivity index (χ2v) is 6.19. The smallest absolute Gasteiger partial charge is 0.195 e. The van der Waals surface area contributed by atoms with E-state index in [9.17, 15) is 4.39 Å². The van der Waals surface area contributed by atoms with Crippen LogP contribution < -0.4 is 0 Å². The first kappa shape index (κ1) is 16.2. The van der Waals surface area contributed by atoms with Gasteiger partial charge in [-0.2, -0.15) is 5.26 Å². The molecule has 0 amide bonds. The van der Waals surface area contributed by atoms with Gasteiger partial charge in [0.05, 0.1) is 6.07 Å². The molecule has 0 aliphatic heterocycles. The summed E-state index contributed by atoms with van der Waals surface area (Å²) in [4.78, 5) is 0. The number of thioether (sulfide) groups is 1. The molecule has 0 saturated carbocycles. The molecule has 4 nitrogen and oxygen atoms in total. The van der Waals surface area contributed by atoms with Gasteiger partial charge in [-0.15, -0.1) is 10.2 Å². The van der Waals surface area contributed by atoms with Crippen LogP contribution in [0.25, 0.3) is 5.69 Å². The molecule has 6 heteroatoms. The maximum atomic E-state index is 13.2. The van der Waals surface area contributed by atoms with Crippen LogP contribution in [0.2, 0.25) is 0 Å². The molecular weight excluding hydrogens is 323 g/mol. The Labute approximate surface area is 144 Å². The van der Waals surface area contributed by atoms with Crippen molar-refractivity contribution in [1.29, 1.82) is 5.26 Å². The van der Waals surface area contributed by atoms with Crippen molar-refractivity contribution in [3.63, 3.8) is 0 Å². The largest absolute Gasteiger partial charge is 0.274 e. The molecule has 0 N–H and O–H groups in total. The summed E-state index contributed by atoms with van der Waals surface area (Å²) in [5, 5.41) is 18.0. The van der Waals surface area contributed by atoms with Crippen LogP contribution in [-0.4, -0.2) is 20.5 Å². The van der Waals surface area contributed by atoms with Gasteiger partial charge in [0.2, 0.25) is 0 Å². The van der Waals surface area contributed by atoms with Crippen molar-refractivity contribution >= 4 is 11.8 Å². The Hall–Kier alpha value is -2.65. The third-order valence-corrected chi connectivity index (χ3v) is 4.37. The minimum atomic E-state index is -0.282. The van der Waals surface area contributed by atoms with Crippen LogP contribution in [0.4, 0.5) is 4.39 Å². The van der Waals surface area contributed by atoms with Gasteiger partial charge < -0.3 is 0 Å². The predicted octanol–water partition coefficient (Wildman–Crippen LogP) is 4.00. The van der Waals surface area contributed by atoms with Crippen molar-refractivity contribution < 1.29 is 4.39 Å². The maximum Gasteiger partial charge on any atom is 0.195 e. The molecule has 0 bridgehead atoms. The van der Waals surface area contributed by atoms with E-state index in [-0.39, 0.29) is 5.82 Å². The van der Waals surface area contributed by atoms with Gasteiger partial charge in [0.25, 0.3) is 0 Å². The molecule has 120 valence electrons. The average molecular weight is 338 g/mol. The Balaban J connectivity index is 1.96. The summed E-state index contributed by atoms with van der Waals surface area (Å²) >= 11 is 1.48. The molecule has 0 aliphatic rings. The summed E-state index contributed by atoms with van der Waals surface area (Å²) in [7, 11) is 0. The van der Waals surface area contributed by atoms with Gasteiger partial charge >= 0.3 is 0 Å². The minimum absolute atomic E-state index is 0.282. The Morgan fingerprint density at radius 2 is 1.79 bits per heavy atom. The van der Waals surface area contributed by atoms with E-state index in [1.165, 1.54) is 23.9 Å². The first-order valence-corrected chi connectivity index (χ1v) is 8.50. The fraction of sp³-hybridized carbons (Fsp3) is 0.167. The normalized spacial score (nSPS) is 10.5. The molecule has 24 heavy (non-hydrogen) atoms. The van der Waals surface area contributed by atoms with Crippen molar-refractivity contribution in [2.45, 2.75) is 18.0 Å². The number of benzene rings is 2. The van der Waals surface area contributed by atoms with Gasteiger partial charge in [-0.1, -0.05) is 42.1 Å². The van der Waals surface area contributed by atoms with E-state index in [2.05, 4.69) is 16.3 Å². The lowest BCUT2D eigenvalue weighted by Crippen LogP contribution is -2.04. The van der Waals surface area contributed by atoms with Crippen LogP contribution >= 0.6 is 11.8 Å². The highest BCUT2D eigenvalue weighted by atomic mass is 32.2. The third-order valence-electron chi connectivity index (χ3n) is 3.44. The first-order chi connectivity index (χ1) is 11.8. The van der Waals surface area contributed by atoms with E-state index in [1.807, 2.05) is 34.9 Å². The molecule has 3 aromatic rings. The van der Waals surface area contributed by atoms with Crippen molar-refractivity contribution in [1.82, 2.24) is 14.8 Å². The van der Waals surface area contributed by atoms with Crippen LogP contribution in [0, 0.1) is 17.1 Å². The molecule has 0 saturated heterocycles. The summed E-state index contributed by atoms with van der Waals surface area (Å²) in [5.74, 6) is 1.14. The summed E-state index contributed by atoms with van der Waals surface area (Å²) in [6, 6.07) is 18.4. The van der Waals surface area contributed by atoms with Crippen LogP contribution in [0.5, 0.6) is 0 Å². The van der Waals surface area contributed by atoms with Gasteiger partial charge in [0.1, 0.15) is 11.6 Å². The molecular formula is C18H15FN4S. The Bertz CT molecular complexity index is 838. The molecule has 0 unspecified atom stereocenters. The van der Waals surface area contributed by atoms with Crippen molar-refractivity contribution in [2.75, 3.05) is 5.75 Å². The average Bonchev–Trinajstić information content (AvgIpc) is 2.99. The van der Waals surface area contributed by atoms with E-state index in [0.717, 1.165) is 17.1 Å². The molecule has 0 atom stereocenters. The highest BCUT2D eigenvalue weighted by Gasteiger charge is 2.15. The van der Waals surface area contributed by atoms with Crippen LogP contribution in [-0.2, 0) is 6.42 Å². The lowest BCUT2D eigenvalue weighted by atomic mass is 10.1. The van der Waals surface area contributed by atoms with Gasteiger partial charge in [-0.05, 0) is 29.8 Å². The minimum Gasteiger partial charge on any atom is -0.274 e. The SMILES string of the molecule is N#CCCSc1nnc(Cc2ccccc2)n1-c1ccc(F)cc1. The zero-order valence-electron chi connectivity index (χ0n) is 12.9. The lowest BCUT2D eigenvalue weighted by molar-refractivity contribution is 0.627. The van der Waals surface area contributed by atoms with E-state index >= 15 is 0 Å². The molecule has 0 radical (unpaired) electrons. The van der Waals surface area contributed by atoms with Gasteiger partial charge in [-0.3, -0.25) is 4.57 Å². The van der Waals surface area contributed by atoms with Crippen molar-refractivity contribution in [2.24, 2.45) is 0 Å². The summed E-state index contributed by atoms with van der Waals surface area (Å²) in [5.41, 5.74) is 1.94. The molecule has 0 fully saturated rings. The number of hydrogen-bond donors (Lipinski definition) is 0. The molecule has 0 spiro atoms. The van der Waals surface area contributed by atoms with Gasteiger partial charge in [0, 0.05) is 24.3 Å². The van der Waals surface area contributed by atoms with Gasteiger partial charge in [0.15, 0.2) is 5.16 Å². The number of nitrogens with zero attached hydrogens (tertiary/aromatic N) is 4. The Morgan fingerprint density at radius 3 is 2.50 bits per heavy atom. The summed E-state index contributed by atoms with van der Waals surface area (Å²) < 4.78 is 15.2. The van der Waals surface area contributed by atoms with Crippen molar-refractivity contribution in [3.8, 4) is 11.8 Å². The number of aromatic nitrogens is 3. The maximum absolute atomic E-state index is 13.2. The molecule has 3 rings (SSSR count). The quantitative estimate of drug-likeness (QED) is 0.503. The number of halogens is 1. The third kappa shape index (κ3) is 3.81. The summed E-state index contributed by atoms with van der Waals surface area (Å²) in [6.07, 6.45) is 1.07. The van der Waals surface area contributed by atoms with Crippen LogP contribution in [0.15, 0.2) is 59.8 Å². The predicted molar refractivity (Wildman–Crippen MR) is 91.5 cm³/mol. The fourth-order valence-corrected chi connectivity index (χ4v) is 3.14. The zero-order chi connectivity index (χ0) is 16.8. The lowest BCUT2D eigenvalue weighted by Gasteiger charge is -2.10. The van der Waals surface area contributed by atoms with Crippen LogP contribution in [0.1, 0.15) is 17.8 Å². The molecule has 1 aromatic heterocycles. The first-order valence-electron chi connectivity index (χ1n) is 7.52. The van der Waals surface area contributed by atoms with Crippen molar-refractivity contribution in [3.05, 3.63) is 71.8 Å². The topological polar surface area (TPSA) is 54.5 Å². The highest BCUT2D eigenvalue weighted by molar-refractivity contribution is 7.99. The summed E-state index contributed by atoms with van der Waals surface area (Å²) in [6.45, 7) is 0. The second kappa shape index (κ2) is 7.75. The van der Waals surface area contributed by atoms with E-state index in [1.54, 1.807) is 12.1 Å². The standard InChI is InChI=1S/C18H15FN4S/c19-15-7-9-16(10-8-15)23-17(13-14-5-2-1-3-6-14)21-22-18(23)24-12-4-11-20/h1-3,5-10H,4,12-13H2. The zero-order valence-corrected chi connectivity index (χ0v) is 13.7. The highest BCUT2D eigenvalue weighted by Crippen LogP contribution is 2.24. The Kier molecular flexibility index (Phi) is 5.24. The van der Waals surface area contributed by atoms with Gasteiger partial charge in [-0.25, -0.2) is 4.39 Å². The number of rotatable bonds is 6. The van der Waals surface area contributed by atoms with Crippen LogP contribution in [0.3, 0.4) is 0 Å². The van der Waals surface area contributed by atoms with E-state index in [0.29, 0.717) is 23.8 Å². The second-order valence-electron chi connectivity index (χ2n) is 5.13.